The summed E-state index contributed by atoms with van der Waals surface area (Å²) in [5.41, 5.74) is 7.89. The van der Waals surface area contributed by atoms with Crippen LogP contribution >= 0.6 is 11.6 Å². The van der Waals surface area contributed by atoms with Crippen molar-refractivity contribution in [3.05, 3.63) is 64.9 Å². The fourth-order valence-electron chi connectivity index (χ4n) is 3.39. The number of anilines is 2. The van der Waals surface area contributed by atoms with E-state index in [0.717, 1.165) is 4.90 Å². The number of carbonyl (C=O) groups is 2. The molecule has 1 unspecified atom stereocenters. The second-order valence-electron chi connectivity index (χ2n) is 6.29. The molecule has 27 heavy (non-hydrogen) atoms. The summed E-state index contributed by atoms with van der Waals surface area (Å²) in [5, 5.41) is 4.88. The van der Waals surface area contributed by atoms with Gasteiger partial charge in [-0.2, -0.15) is 9.78 Å². The molecule has 1 atom stereocenters. The van der Waals surface area contributed by atoms with Gasteiger partial charge >= 0.3 is 0 Å². The summed E-state index contributed by atoms with van der Waals surface area (Å²) in [4.78, 5) is 31.0. The second kappa shape index (κ2) is 6.51. The van der Waals surface area contributed by atoms with Crippen LogP contribution in [0.2, 0.25) is 5.02 Å². The number of hydrogen-bond acceptors (Lipinski definition) is 5. The van der Waals surface area contributed by atoms with E-state index in [0.29, 0.717) is 33.6 Å². The first-order chi connectivity index (χ1) is 13.0. The SMILES string of the molecule is Cc1nn(-c2ccccn2)c(N)c1C1CC(=O)N(c2cccc(Cl)c2)C1=O. The van der Waals surface area contributed by atoms with Crippen LogP contribution in [0.4, 0.5) is 11.5 Å². The predicted molar refractivity (Wildman–Crippen MR) is 102 cm³/mol. The topological polar surface area (TPSA) is 94.1 Å². The Morgan fingerprint density at radius 3 is 2.70 bits per heavy atom. The third-order valence-electron chi connectivity index (χ3n) is 4.57. The van der Waals surface area contributed by atoms with E-state index >= 15 is 0 Å². The number of carbonyl (C=O) groups excluding carboxylic acids is 2. The minimum absolute atomic E-state index is 0.0320. The molecular weight excluding hydrogens is 366 g/mol. The first-order valence-corrected chi connectivity index (χ1v) is 8.74. The van der Waals surface area contributed by atoms with E-state index in [1.807, 2.05) is 6.07 Å². The molecule has 3 aromatic rings. The third kappa shape index (κ3) is 2.86. The van der Waals surface area contributed by atoms with Crippen molar-refractivity contribution in [3.8, 4) is 5.82 Å². The summed E-state index contributed by atoms with van der Waals surface area (Å²) in [6.45, 7) is 1.77. The molecule has 1 aliphatic rings. The first kappa shape index (κ1) is 17.2. The molecule has 2 amide bonds. The molecular formula is C19H16ClN5O2. The zero-order valence-electron chi connectivity index (χ0n) is 14.5. The van der Waals surface area contributed by atoms with Gasteiger partial charge in [-0.15, -0.1) is 0 Å². The Labute approximate surface area is 160 Å². The third-order valence-corrected chi connectivity index (χ3v) is 4.81. The van der Waals surface area contributed by atoms with Crippen LogP contribution in [-0.2, 0) is 9.59 Å². The molecule has 1 fully saturated rings. The quantitative estimate of drug-likeness (QED) is 0.704. The zero-order valence-corrected chi connectivity index (χ0v) is 15.2. The predicted octanol–water partition coefficient (Wildman–Crippen LogP) is 2.86. The summed E-state index contributed by atoms with van der Waals surface area (Å²) >= 11 is 6.00. The van der Waals surface area contributed by atoms with Crippen LogP contribution in [-0.4, -0.2) is 26.6 Å². The van der Waals surface area contributed by atoms with Crippen LogP contribution < -0.4 is 10.6 Å². The fraction of sp³-hybridized carbons (Fsp3) is 0.158. The van der Waals surface area contributed by atoms with Crippen molar-refractivity contribution in [3.63, 3.8) is 0 Å². The normalized spacial score (nSPS) is 17.0. The van der Waals surface area contributed by atoms with E-state index in [9.17, 15) is 9.59 Å². The molecule has 1 saturated heterocycles. The Balaban J connectivity index is 1.74. The van der Waals surface area contributed by atoms with Crippen LogP contribution in [0.25, 0.3) is 5.82 Å². The molecule has 0 saturated carbocycles. The zero-order chi connectivity index (χ0) is 19.1. The summed E-state index contributed by atoms with van der Waals surface area (Å²) in [6.07, 6.45) is 1.67. The lowest BCUT2D eigenvalue weighted by atomic mass is 9.97. The average Bonchev–Trinajstić information content (AvgIpc) is 3.10. The van der Waals surface area contributed by atoms with E-state index in [-0.39, 0.29) is 18.2 Å². The Bertz CT molecular complexity index is 1050. The second-order valence-corrected chi connectivity index (χ2v) is 6.72. The van der Waals surface area contributed by atoms with Gasteiger partial charge in [0.15, 0.2) is 5.82 Å². The number of nitrogen functional groups attached to an aromatic ring is 1. The molecule has 0 radical (unpaired) electrons. The number of halogens is 1. The van der Waals surface area contributed by atoms with Crippen LogP contribution in [0.1, 0.15) is 23.6 Å². The lowest BCUT2D eigenvalue weighted by Gasteiger charge is -2.15. The van der Waals surface area contributed by atoms with Crippen LogP contribution in [0.5, 0.6) is 0 Å². The highest BCUT2D eigenvalue weighted by Crippen LogP contribution is 2.38. The molecule has 2 N–H and O–H groups in total. The Hall–Kier alpha value is -3.19. The fourth-order valence-corrected chi connectivity index (χ4v) is 3.57. The van der Waals surface area contributed by atoms with Gasteiger partial charge in [-0.1, -0.05) is 23.7 Å². The maximum atomic E-state index is 13.0. The lowest BCUT2D eigenvalue weighted by molar-refractivity contribution is -0.121. The van der Waals surface area contributed by atoms with E-state index in [4.69, 9.17) is 17.3 Å². The van der Waals surface area contributed by atoms with Gasteiger partial charge in [-0.05, 0) is 37.3 Å². The molecule has 4 rings (SSSR count). The summed E-state index contributed by atoms with van der Waals surface area (Å²) in [7, 11) is 0. The standard InChI is InChI=1S/C19H16ClN5O2/c1-11-17(18(21)25(23-11)15-7-2-3-8-22-15)14-10-16(26)24(19(14)27)13-6-4-5-12(20)9-13/h2-9,14H,10,21H2,1H3. The Morgan fingerprint density at radius 2 is 2.00 bits per heavy atom. The number of imide groups is 1. The number of aryl methyl sites for hydroxylation is 1. The highest BCUT2D eigenvalue weighted by atomic mass is 35.5. The van der Waals surface area contributed by atoms with Gasteiger partial charge in [-0.3, -0.25) is 9.59 Å². The van der Waals surface area contributed by atoms with Crippen molar-refractivity contribution < 1.29 is 9.59 Å². The Morgan fingerprint density at radius 1 is 1.19 bits per heavy atom. The van der Waals surface area contributed by atoms with E-state index in [2.05, 4.69) is 10.1 Å². The number of nitrogens with zero attached hydrogens (tertiary/aromatic N) is 4. The molecule has 3 heterocycles. The van der Waals surface area contributed by atoms with Gasteiger partial charge < -0.3 is 5.73 Å². The van der Waals surface area contributed by atoms with Crippen molar-refractivity contribution in [2.45, 2.75) is 19.3 Å². The molecule has 7 nitrogen and oxygen atoms in total. The first-order valence-electron chi connectivity index (χ1n) is 8.36. The van der Waals surface area contributed by atoms with Gasteiger partial charge in [0.2, 0.25) is 11.8 Å². The summed E-state index contributed by atoms with van der Waals surface area (Å²) in [5.74, 6) is -0.457. The molecule has 0 spiro atoms. The van der Waals surface area contributed by atoms with Gasteiger partial charge in [0.05, 0.1) is 17.3 Å². The molecule has 1 aromatic carbocycles. The molecule has 0 bridgehead atoms. The highest BCUT2D eigenvalue weighted by Gasteiger charge is 2.43. The van der Waals surface area contributed by atoms with Crippen molar-refractivity contribution in [2.75, 3.05) is 10.6 Å². The number of nitrogens with two attached hydrogens (primary N) is 1. The average molecular weight is 382 g/mol. The lowest BCUT2D eigenvalue weighted by Crippen LogP contribution is -2.30. The van der Waals surface area contributed by atoms with E-state index in [1.165, 1.54) is 4.68 Å². The van der Waals surface area contributed by atoms with Crippen molar-refractivity contribution >= 4 is 34.9 Å². The molecule has 2 aromatic heterocycles. The van der Waals surface area contributed by atoms with E-state index < -0.39 is 5.92 Å². The molecule has 8 heteroatoms. The molecule has 0 aliphatic carbocycles. The monoisotopic (exact) mass is 381 g/mol. The van der Waals surface area contributed by atoms with Gasteiger partial charge in [0.1, 0.15) is 5.82 Å². The molecule has 136 valence electrons. The van der Waals surface area contributed by atoms with Gasteiger partial charge in [0, 0.05) is 23.2 Å². The number of pyridine rings is 1. The number of amides is 2. The number of benzene rings is 1. The van der Waals surface area contributed by atoms with Crippen molar-refractivity contribution in [1.82, 2.24) is 14.8 Å². The van der Waals surface area contributed by atoms with Gasteiger partial charge in [0.25, 0.3) is 0 Å². The minimum atomic E-state index is -0.686. The minimum Gasteiger partial charge on any atom is -0.383 e. The largest absolute Gasteiger partial charge is 0.383 e. The van der Waals surface area contributed by atoms with Crippen molar-refractivity contribution in [1.29, 1.82) is 0 Å². The number of hydrogen-bond donors (Lipinski definition) is 1. The molecule has 1 aliphatic heterocycles. The number of rotatable bonds is 3. The van der Waals surface area contributed by atoms with E-state index in [1.54, 1.807) is 49.5 Å². The van der Waals surface area contributed by atoms with Crippen LogP contribution in [0, 0.1) is 6.92 Å². The van der Waals surface area contributed by atoms with Crippen LogP contribution in [0.15, 0.2) is 48.7 Å². The highest BCUT2D eigenvalue weighted by molar-refractivity contribution is 6.31. The Kier molecular flexibility index (Phi) is 4.16. The van der Waals surface area contributed by atoms with Crippen LogP contribution in [0.3, 0.4) is 0 Å². The summed E-state index contributed by atoms with van der Waals surface area (Å²) < 4.78 is 1.49. The van der Waals surface area contributed by atoms with Gasteiger partial charge in [-0.25, -0.2) is 9.88 Å². The number of aromatic nitrogens is 3. The maximum Gasteiger partial charge on any atom is 0.242 e. The smallest absolute Gasteiger partial charge is 0.242 e. The van der Waals surface area contributed by atoms with Crippen molar-refractivity contribution in [2.24, 2.45) is 0 Å². The maximum absolute atomic E-state index is 13.0. The summed E-state index contributed by atoms with van der Waals surface area (Å²) in [6, 6.07) is 12.0.